The highest BCUT2D eigenvalue weighted by Gasteiger charge is 1.95. The van der Waals surface area contributed by atoms with E-state index < -0.39 is 5.97 Å². The van der Waals surface area contributed by atoms with E-state index in [1.54, 1.807) is 0 Å². The highest BCUT2D eigenvalue weighted by atomic mass is 16.4. The van der Waals surface area contributed by atoms with Crippen LogP contribution in [0.4, 0.5) is 11.5 Å². The molecule has 0 saturated heterocycles. The van der Waals surface area contributed by atoms with E-state index in [1.807, 2.05) is 0 Å². The van der Waals surface area contributed by atoms with E-state index in [0.29, 0.717) is 0 Å². The largest absolute Gasteiger partial charge is 0.481 e. The molecule has 0 fully saturated rings. The topological polar surface area (TPSA) is 119 Å². The van der Waals surface area contributed by atoms with Gasteiger partial charge in [0.25, 0.3) is 5.97 Å². The number of nitroso groups, excluding NO2 is 1. The van der Waals surface area contributed by atoms with Gasteiger partial charge in [0.1, 0.15) is 6.33 Å². The van der Waals surface area contributed by atoms with Gasteiger partial charge in [0.2, 0.25) is 0 Å². The Morgan fingerprint density at radius 3 is 2.54 bits per heavy atom. The van der Waals surface area contributed by atoms with Crippen molar-refractivity contribution >= 4 is 17.5 Å². The SMILES string of the molecule is CC(=O)O.Nc1ncncc1N=O. The molecule has 0 amide bonds. The van der Waals surface area contributed by atoms with Crippen molar-refractivity contribution in [2.45, 2.75) is 6.92 Å². The molecule has 13 heavy (non-hydrogen) atoms. The minimum atomic E-state index is -0.833. The Labute approximate surface area is 73.6 Å². The second-order valence-electron chi connectivity index (χ2n) is 1.90. The van der Waals surface area contributed by atoms with Crippen molar-refractivity contribution in [1.82, 2.24) is 9.97 Å². The predicted octanol–water partition coefficient (Wildman–Crippen LogP) is 0.548. The molecular weight excluding hydrogens is 176 g/mol. The van der Waals surface area contributed by atoms with E-state index in [4.69, 9.17) is 15.6 Å². The average Bonchev–Trinajstić information content (AvgIpc) is 2.04. The molecule has 0 aliphatic rings. The number of hydrogen-bond donors (Lipinski definition) is 2. The van der Waals surface area contributed by atoms with Gasteiger partial charge in [-0.15, -0.1) is 4.91 Å². The van der Waals surface area contributed by atoms with Gasteiger partial charge in [-0.3, -0.25) is 4.79 Å². The number of carbonyl (C=O) groups is 1. The molecule has 0 bridgehead atoms. The second-order valence-corrected chi connectivity index (χ2v) is 1.90. The van der Waals surface area contributed by atoms with E-state index in [2.05, 4.69) is 15.1 Å². The van der Waals surface area contributed by atoms with Crippen molar-refractivity contribution < 1.29 is 9.90 Å². The number of nitrogen functional groups attached to an aromatic ring is 1. The van der Waals surface area contributed by atoms with E-state index in [0.717, 1.165) is 6.92 Å². The summed E-state index contributed by atoms with van der Waals surface area (Å²) in [5.74, 6) is -0.722. The molecule has 0 saturated carbocycles. The Bertz CT molecular complexity index is 298. The number of rotatable bonds is 1. The molecule has 1 rings (SSSR count). The van der Waals surface area contributed by atoms with Gasteiger partial charge in [0.15, 0.2) is 11.5 Å². The fourth-order valence-electron chi connectivity index (χ4n) is 0.402. The molecule has 0 aliphatic heterocycles. The zero-order chi connectivity index (χ0) is 10.3. The Kier molecular flexibility index (Phi) is 4.70. The number of carboxylic acids is 1. The van der Waals surface area contributed by atoms with Crippen LogP contribution < -0.4 is 5.73 Å². The van der Waals surface area contributed by atoms with E-state index >= 15 is 0 Å². The molecule has 7 nitrogen and oxygen atoms in total. The van der Waals surface area contributed by atoms with Crippen LogP contribution in [-0.4, -0.2) is 21.0 Å². The molecule has 0 spiro atoms. The zero-order valence-corrected chi connectivity index (χ0v) is 6.84. The number of carboxylic acid groups (broad SMARTS) is 1. The third kappa shape index (κ3) is 5.24. The zero-order valence-electron chi connectivity index (χ0n) is 6.84. The maximum atomic E-state index is 9.82. The summed E-state index contributed by atoms with van der Waals surface area (Å²) in [5, 5.41) is 9.99. The molecule has 0 aliphatic carbocycles. The van der Waals surface area contributed by atoms with Crippen LogP contribution in [0.2, 0.25) is 0 Å². The molecule has 0 unspecified atom stereocenters. The molecule has 3 N–H and O–H groups in total. The van der Waals surface area contributed by atoms with Crippen molar-refractivity contribution in [2.75, 3.05) is 5.73 Å². The third-order valence-electron chi connectivity index (χ3n) is 0.821. The molecule has 1 heterocycles. The first-order valence-electron chi connectivity index (χ1n) is 3.16. The van der Waals surface area contributed by atoms with Crippen LogP contribution in [0, 0.1) is 4.91 Å². The molecular formula is C6H8N4O3. The van der Waals surface area contributed by atoms with Crippen molar-refractivity contribution in [3.8, 4) is 0 Å². The Hall–Kier alpha value is -2.05. The summed E-state index contributed by atoms with van der Waals surface area (Å²) < 4.78 is 0. The number of nitrogens with zero attached hydrogens (tertiary/aromatic N) is 3. The summed E-state index contributed by atoms with van der Waals surface area (Å²) in [6.07, 6.45) is 2.51. The third-order valence-corrected chi connectivity index (χ3v) is 0.821. The Balaban J connectivity index is 0.000000310. The maximum absolute atomic E-state index is 9.82. The normalized spacial score (nSPS) is 8.08. The standard InChI is InChI=1S/C4H4N4O.C2H4O2/c5-4-3(8-9)1-6-2-7-4;1-2(3)4/h1-2H,(H2,5,6,7);1H3,(H,3,4). The van der Waals surface area contributed by atoms with E-state index in [-0.39, 0.29) is 11.5 Å². The van der Waals surface area contributed by atoms with Crippen LogP contribution in [0.15, 0.2) is 17.7 Å². The van der Waals surface area contributed by atoms with Gasteiger partial charge in [-0.05, 0) is 5.18 Å². The Morgan fingerprint density at radius 2 is 2.23 bits per heavy atom. The first-order chi connectivity index (χ1) is 6.07. The van der Waals surface area contributed by atoms with Crippen LogP contribution >= 0.6 is 0 Å². The fourth-order valence-corrected chi connectivity index (χ4v) is 0.402. The van der Waals surface area contributed by atoms with E-state index in [9.17, 15) is 4.91 Å². The number of aromatic nitrogens is 2. The molecule has 7 heteroatoms. The molecule has 0 atom stereocenters. The Morgan fingerprint density at radius 1 is 1.69 bits per heavy atom. The smallest absolute Gasteiger partial charge is 0.300 e. The first kappa shape index (κ1) is 11.0. The van der Waals surface area contributed by atoms with Crippen LogP contribution in [0.5, 0.6) is 0 Å². The summed E-state index contributed by atoms with van der Waals surface area (Å²) in [7, 11) is 0. The molecule has 1 aromatic heterocycles. The van der Waals surface area contributed by atoms with Gasteiger partial charge in [-0.1, -0.05) is 0 Å². The van der Waals surface area contributed by atoms with Gasteiger partial charge in [0, 0.05) is 6.92 Å². The summed E-state index contributed by atoms with van der Waals surface area (Å²) in [5.41, 5.74) is 5.27. The van der Waals surface area contributed by atoms with Gasteiger partial charge < -0.3 is 10.8 Å². The van der Waals surface area contributed by atoms with Crippen LogP contribution in [0.1, 0.15) is 6.92 Å². The van der Waals surface area contributed by atoms with Crippen molar-refractivity contribution in [1.29, 1.82) is 0 Å². The molecule has 0 aromatic carbocycles. The van der Waals surface area contributed by atoms with Crippen molar-refractivity contribution in [3.63, 3.8) is 0 Å². The van der Waals surface area contributed by atoms with Gasteiger partial charge >= 0.3 is 0 Å². The van der Waals surface area contributed by atoms with Crippen LogP contribution in [0.25, 0.3) is 0 Å². The van der Waals surface area contributed by atoms with Crippen molar-refractivity contribution in [2.24, 2.45) is 5.18 Å². The summed E-state index contributed by atoms with van der Waals surface area (Å²) >= 11 is 0. The van der Waals surface area contributed by atoms with Gasteiger partial charge in [0.05, 0.1) is 6.20 Å². The summed E-state index contributed by atoms with van der Waals surface area (Å²) in [4.78, 5) is 25.9. The lowest BCUT2D eigenvalue weighted by Gasteiger charge is -1.89. The lowest BCUT2D eigenvalue weighted by Crippen LogP contribution is -1.89. The fraction of sp³-hybridized carbons (Fsp3) is 0.167. The summed E-state index contributed by atoms with van der Waals surface area (Å²) in [6.45, 7) is 1.08. The lowest BCUT2D eigenvalue weighted by atomic mass is 10.5. The predicted molar refractivity (Wildman–Crippen MR) is 45.2 cm³/mol. The molecule has 1 aromatic rings. The number of anilines is 1. The number of hydrogen-bond acceptors (Lipinski definition) is 6. The minimum absolute atomic E-state index is 0.0810. The maximum Gasteiger partial charge on any atom is 0.300 e. The highest BCUT2D eigenvalue weighted by molar-refractivity contribution is 5.62. The quantitative estimate of drug-likeness (QED) is 0.615. The minimum Gasteiger partial charge on any atom is -0.481 e. The average molecular weight is 184 g/mol. The van der Waals surface area contributed by atoms with E-state index in [1.165, 1.54) is 12.5 Å². The van der Waals surface area contributed by atoms with Gasteiger partial charge in [-0.25, -0.2) is 9.97 Å². The monoisotopic (exact) mass is 184 g/mol. The highest BCUT2D eigenvalue weighted by Crippen LogP contribution is 2.14. The lowest BCUT2D eigenvalue weighted by molar-refractivity contribution is -0.134. The second kappa shape index (κ2) is 5.58. The van der Waals surface area contributed by atoms with Crippen LogP contribution in [-0.2, 0) is 4.79 Å². The number of nitrogens with two attached hydrogens (primary N) is 1. The first-order valence-corrected chi connectivity index (χ1v) is 3.16. The van der Waals surface area contributed by atoms with Crippen molar-refractivity contribution in [3.05, 3.63) is 17.4 Å². The van der Waals surface area contributed by atoms with Crippen LogP contribution in [0.3, 0.4) is 0 Å². The van der Waals surface area contributed by atoms with Gasteiger partial charge in [-0.2, -0.15) is 0 Å². The summed E-state index contributed by atoms with van der Waals surface area (Å²) in [6, 6.07) is 0. The molecule has 0 radical (unpaired) electrons. The molecule has 70 valence electrons. The number of aliphatic carboxylic acids is 1.